The minimum atomic E-state index is -0.586. The Morgan fingerprint density at radius 2 is 1.50 bits per heavy atom. The molecule has 3 aromatic carbocycles. The maximum absolute atomic E-state index is 13.8. The fourth-order valence-electron chi connectivity index (χ4n) is 4.34. The number of nitrogens with zero attached hydrogens (tertiary/aromatic N) is 1. The van der Waals surface area contributed by atoms with Crippen molar-refractivity contribution in [1.29, 1.82) is 0 Å². The van der Waals surface area contributed by atoms with Crippen LogP contribution in [0.4, 0.5) is 0 Å². The van der Waals surface area contributed by atoms with Gasteiger partial charge in [0, 0.05) is 25.4 Å². The third-order valence-corrected chi connectivity index (χ3v) is 6.77. The molecule has 0 aliphatic carbocycles. The molecule has 0 bridgehead atoms. The first-order chi connectivity index (χ1) is 17.4. The zero-order valence-corrected chi connectivity index (χ0v) is 22.2. The number of carbonyl (C=O) groups is 2. The summed E-state index contributed by atoms with van der Waals surface area (Å²) in [7, 11) is 0. The molecule has 0 saturated carbocycles. The standard InChI is InChI=1S/C32H40N2O2/c1-5-25(4)33-32(36)30(22-28-12-8-7-9-13-28)34(23-29-14-10-11-24(3)21-29)31(35)20-19-27-17-15-26(6-2)16-18-27/h7-18,21,25,30H,5-6,19-20,22-23H2,1-4H3,(H,33,36)/t25-,30+/m0/s1. The van der Waals surface area contributed by atoms with Crippen LogP contribution in [0.25, 0.3) is 0 Å². The molecule has 3 aromatic rings. The fraction of sp³-hybridized carbons (Fsp3) is 0.375. The van der Waals surface area contributed by atoms with Crippen molar-refractivity contribution < 1.29 is 9.59 Å². The molecular formula is C32H40N2O2. The lowest BCUT2D eigenvalue weighted by Crippen LogP contribution is -2.52. The van der Waals surface area contributed by atoms with Gasteiger partial charge in [-0.15, -0.1) is 0 Å². The average molecular weight is 485 g/mol. The van der Waals surface area contributed by atoms with Gasteiger partial charge in [0.15, 0.2) is 0 Å². The molecule has 2 atom stereocenters. The summed E-state index contributed by atoms with van der Waals surface area (Å²) in [5.41, 5.74) is 5.64. The van der Waals surface area contributed by atoms with E-state index in [0.29, 0.717) is 25.8 Å². The van der Waals surface area contributed by atoms with E-state index in [1.165, 1.54) is 5.56 Å². The van der Waals surface area contributed by atoms with Gasteiger partial charge in [-0.3, -0.25) is 9.59 Å². The molecule has 0 fully saturated rings. The van der Waals surface area contributed by atoms with E-state index in [9.17, 15) is 9.59 Å². The smallest absolute Gasteiger partial charge is 0.243 e. The van der Waals surface area contributed by atoms with E-state index in [-0.39, 0.29) is 17.9 Å². The molecule has 0 aromatic heterocycles. The van der Waals surface area contributed by atoms with E-state index in [2.05, 4.69) is 49.5 Å². The quantitative estimate of drug-likeness (QED) is 0.340. The molecule has 1 N–H and O–H groups in total. The molecule has 3 rings (SSSR count). The molecule has 0 radical (unpaired) electrons. The largest absolute Gasteiger partial charge is 0.352 e. The van der Waals surface area contributed by atoms with Gasteiger partial charge in [-0.2, -0.15) is 0 Å². The van der Waals surface area contributed by atoms with Gasteiger partial charge in [-0.1, -0.05) is 98.3 Å². The van der Waals surface area contributed by atoms with Gasteiger partial charge in [0.25, 0.3) is 0 Å². The van der Waals surface area contributed by atoms with Gasteiger partial charge in [0.1, 0.15) is 6.04 Å². The van der Waals surface area contributed by atoms with E-state index >= 15 is 0 Å². The zero-order chi connectivity index (χ0) is 25.9. The Kier molecular flexibility index (Phi) is 10.3. The van der Waals surface area contributed by atoms with Crippen molar-refractivity contribution in [3.8, 4) is 0 Å². The summed E-state index contributed by atoms with van der Waals surface area (Å²) < 4.78 is 0. The van der Waals surface area contributed by atoms with Gasteiger partial charge in [-0.25, -0.2) is 0 Å². The summed E-state index contributed by atoms with van der Waals surface area (Å²) in [5, 5.41) is 3.14. The van der Waals surface area contributed by atoms with Gasteiger partial charge < -0.3 is 10.2 Å². The molecule has 0 unspecified atom stereocenters. The lowest BCUT2D eigenvalue weighted by Gasteiger charge is -2.32. The predicted octanol–water partition coefficient (Wildman–Crippen LogP) is 6.04. The summed E-state index contributed by atoms with van der Waals surface area (Å²) in [4.78, 5) is 29.1. The number of aryl methyl sites for hydroxylation is 3. The highest BCUT2D eigenvalue weighted by Crippen LogP contribution is 2.18. The first-order valence-electron chi connectivity index (χ1n) is 13.2. The summed E-state index contributed by atoms with van der Waals surface area (Å²) in [6.45, 7) is 8.65. The number of benzene rings is 3. The van der Waals surface area contributed by atoms with Crippen LogP contribution in [-0.4, -0.2) is 28.8 Å². The van der Waals surface area contributed by atoms with E-state index in [1.54, 1.807) is 4.90 Å². The molecule has 4 nitrogen and oxygen atoms in total. The Labute approximate surface area is 216 Å². The maximum Gasteiger partial charge on any atom is 0.243 e. The Morgan fingerprint density at radius 1 is 0.833 bits per heavy atom. The molecule has 4 heteroatoms. The molecule has 0 aliphatic heterocycles. The Morgan fingerprint density at radius 3 is 2.14 bits per heavy atom. The molecule has 2 amide bonds. The number of amides is 2. The Hall–Kier alpha value is -3.40. The third kappa shape index (κ3) is 8.08. The Bertz CT molecular complexity index is 1110. The van der Waals surface area contributed by atoms with Crippen LogP contribution in [0, 0.1) is 6.92 Å². The van der Waals surface area contributed by atoms with Crippen LogP contribution >= 0.6 is 0 Å². The zero-order valence-electron chi connectivity index (χ0n) is 22.2. The third-order valence-electron chi connectivity index (χ3n) is 6.77. The fourth-order valence-corrected chi connectivity index (χ4v) is 4.34. The number of hydrogen-bond acceptors (Lipinski definition) is 2. The SMILES string of the molecule is CCc1ccc(CCC(=O)N(Cc2cccc(C)c2)[C@H](Cc2ccccc2)C(=O)N[C@@H](C)CC)cc1. The molecular weight excluding hydrogens is 444 g/mol. The highest BCUT2D eigenvalue weighted by molar-refractivity contribution is 5.88. The van der Waals surface area contributed by atoms with Crippen molar-refractivity contribution in [2.75, 3.05) is 0 Å². The second-order valence-corrected chi connectivity index (χ2v) is 9.70. The number of rotatable bonds is 12. The first kappa shape index (κ1) is 27.2. The number of carbonyl (C=O) groups excluding carboxylic acids is 2. The van der Waals surface area contributed by atoms with Crippen LogP contribution < -0.4 is 5.32 Å². The summed E-state index contributed by atoms with van der Waals surface area (Å²) >= 11 is 0. The Balaban J connectivity index is 1.89. The summed E-state index contributed by atoms with van der Waals surface area (Å²) in [6, 6.07) is 26.1. The van der Waals surface area contributed by atoms with Crippen molar-refractivity contribution in [2.24, 2.45) is 0 Å². The predicted molar refractivity (Wildman–Crippen MR) is 148 cm³/mol. The molecule has 190 valence electrons. The van der Waals surface area contributed by atoms with Crippen LogP contribution in [0.5, 0.6) is 0 Å². The van der Waals surface area contributed by atoms with Crippen molar-refractivity contribution in [3.05, 3.63) is 107 Å². The van der Waals surface area contributed by atoms with Crippen molar-refractivity contribution in [1.82, 2.24) is 10.2 Å². The van der Waals surface area contributed by atoms with Crippen LogP contribution in [0.2, 0.25) is 0 Å². The lowest BCUT2D eigenvalue weighted by atomic mass is 10.0. The molecule has 0 saturated heterocycles. The van der Waals surface area contributed by atoms with Crippen LogP contribution in [-0.2, 0) is 35.4 Å². The number of nitrogens with one attached hydrogen (secondary N) is 1. The second-order valence-electron chi connectivity index (χ2n) is 9.70. The topological polar surface area (TPSA) is 49.4 Å². The molecule has 0 heterocycles. The van der Waals surface area contributed by atoms with E-state index < -0.39 is 6.04 Å². The first-order valence-corrected chi connectivity index (χ1v) is 13.2. The normalized spacial score (nSPS) is 12.6. The summed E-state index contributed by atoms with van der Waals surface area (Å²) in [6.07, 6.45) is 3.32. The van der Waals surface area contributed by atoms with Crippen molar-refractivity contribution in [3.63, 3.8) is 0 Å². The van der Waals surface area contributed by atoms with Gasteiger partial charge in [0.05, 0.1) is 0 Å². The van der Waals surface area contributed by atoms with Crippen molar-refractivity contribution >= 4 is 11.8 Å². The highest BCUT2D eigenvalue weighted by Gasteiger charge is 2.30. The van der Waals surface area contributed by atoms with E-state index in [1.807, 2.05) is 62.4 Å². The molecule has 0 spiro atoms. The van der Waals surface area contributed by atoms with Gasteiger partial charge in [-0.05, 0) is 55.4 Å². The van der Waals surface area contributed by atoms with Crippen LogP contribution in [0.3, 0.4) is 0 Å². The molecule has 0 aliphatic rings. The minimum absolute atomic E-state index is 0.00342. The highest BCUT2D eigenvalue weighted by atomic mass is 16.2. The van der Waals surface area contributed by atoms with E-state index in [0.717, 1.165) is 35.1 Å². The van der Waals surface area contributed by atoms with Crippen molar-refractivity contribution in [2.45, 2.75) is 78.4 Å². The minimum Gasteiger partial charge on any atom is -0.352 e. The van der Waals surface area contributed by atoms with E-state index in [4.69, 9.17) is 0 Å². The average Bonchev–Trinajstić information content (AvgIpc) is 2.90. The van der Waals surface area contributed by atoms with Gasteiger partial charge >= 0.3 is 0 Å². The lowest BCUT2D eigenvalue weighted by molar-refractivity contribution is -0.141. The monoisotopic (exact) mass is 484 g/mol. The second kappa shape index (κ2) is 13.6. The van der Waals surface area contributed by atoms with Crippen LogP contribution in [0.1, 0.15) is 61.4 Å². The van der Waals surface area contributed by atoms with Crippen LogP contribution in [0.15, 0.2) is 78.9 Å². The van der Waals surface area contributed by atoms with Gasteiger partial charge in [0.2, 0.25) is 11.8 Å². The summed E-state index contributed by atoms with van der Waals surface area (Å²) in [5.74, 6) is -0.0992. The maximum atomic E-state index is 13.8. The number of hydrogen-bond donors (Lipinski definition) is 1. The molecule has 36 heavy (non-hydrogen) atoms.